The van der Waals surface area contributed by atoms with Crippen LogP contribution in [0.2, 0.25) is 0 Å². The summed E-state index contributed by atoms with van der Waals surface area (Å²) in [5, 5.41) is 4.69. The molecule has 3 aromatic heterocycles. The third-order valence-electron chi connectivity index (χ3n) is 5.00. The molecule has 1 fully saturated rings. The molecule has 0 aliphatic carbocycles. The molecule has 1 saturated heterocycles. The number of aryl methyl sites for hydroxylation is 3. The lowest BCUT2D eigenvalue weighted by Crippen LogP contribution is -2.41. The Morgan fingerprint density at radius 3 is 2.73 bits per heavy atom. The number of morpholine rings is 1. The van der Waals surface area contributed by atoms with Crippen molar-refractivity contribution >= 4 is 27.4 Å². The smallest absolute Gasteiger partial charge is 0.138 e. The topological polar surface area (TPSA) is 63.4 Å². The Labute approximate surface area is 157 Å². The Morgan fingerprint density at radius 2 is 2.00 bits per heavy atom. The van der Waals surface area contributed by atoms with Crippen molar-refractivity contribution in [1.29, 1.82) is 0 Å². The summed E-state index contributed by atoms with van der Waals surface area (Å²) in [4.78, 5) is 13.7. The zero-order chi connectivity index (χ0) is 18.1. The van der Waals surface area contributed by atoms with E-state index in [-0.39, 0.29) is 6.04 Å². The van der Waals surface area contributed by atoms with E-state index in [1.54, 1.807) is 17.7 Å². The Bertz CT molecular complexity index is 898. The van der Waals surface area contributed by atoms with Crippen LogP contribution < -0.4 is 5.32 Å². The third-order valence-corrected chi connectivity index (χ3v) is 6.12. The van der Waals surface area contributed by atoms with Crippen molar-refractivity contribution in [3.8, 4) is 0 Å². The molecule has 0 saturated carbocycles. The molecule has 1 atom stereocenters. The van der Waals surface area contributed by atoms with Crippen molar-refractivity contribution in [2.75, 3.05) is 38.2 Å². The van der Waals surface area contributed by atoms with Crippen LogP contribution >= 0.6 is 11.3 Å². The number of anilines is 1. The van der Waals surface area contributed by atoms with Gasteiger partial charge < -0.3 is 14.5 Å². The molecule has 1 N–H and O–H groups in total. The van der Waals surface area contributed by atoms with Crippen LogP contribution in [0, 0.1) is 20.8 Å². The first-order valence-corrected chi connectivity index (χ1v) is 9.78. The number of hydrogen-bond donors (Lipinski definition) is 1. The van der Waals surface area contributed by atoms with Gasteiger partial charge in [-0.25, -0.2) is 9.97 Å². The van der Waals surface area contributed by atoms with E-state index in [4.69, 9.17) is 9.15 Å². The van der Waals surface area contributed by atoms with E-state index in [0.717, 1.165) is 60.4 Å². The summed E-state index contributed by atoms with van der Waals surface area (Å²) in [6.45, 7) is 10.3. The molecular weight excluding hydrogens is 348 g/mol. The summed E-state index contributed by atoms with van der Waals surface area (Å²) in [6.07, 6.45) is 1.64. The molecule has 0 bridgehead atoms. The molecule has 138 valence electrons. The maximum absolute atomic E-state index is 5.95. The first kappa shape index (κ1) is 17.5. The molecule has 1 aliphatic rings. The van der Waals surface area contributed by atoms with Crippen LogP contribution in [-0.4, -0.2) is 47.7 Å². The second-order valence-electron chi connectivity index (χ2n) is 6.68. The van der Waals surface area contributed by atoms with Gasteiger partial charge in [0, 0.05) is 24.5 Å². The van der Waals surface area contributed by atoms with Crippen LogP contribution in [-0.2, 0) is 4.74 Å². The number of hydrogen-bond acceptors (Lipinski definition) is 7. The van der Waals surface area contributed by atoms with E-state index in [2.05, 4.69) is 40.1 Å². The van der Waals surface area contributed by atoms with E-state index in [1.807, 2.05) is 13.0 Å². The summed E-state index contributed by atoms with van der Waals surface area (Å²) in [6, 6.07) is 4.25. The minimum absolute atomic E-state index is 0.151. The Hall–Kier alpha value is -1.96. The van der Waals surface area contributed by atoms with Crippen molar-refractivity contribution in [3.05, 3.63) is 40.4 Å². The van der Waals surface area contributed by atoms with E-state index in [1.165, 1.54) is 10.4 Å². The number of thiophene rings is 1. The maximum atomic E-state index is 5.95. The highest BCUT2D eigenvalue weighted by molar-refractivity contribution is 7.18. The molecule has 4 heterocycles. The Balaban J connectivity index is 1.60. The van der Waals surface area contributed by atoms with Gasteiger partial charge in [0.1, 0.15) is 28.5 Å². The largest absolute Gasteiger partial charge is 0.465 e. The van der Waals surface area contributed by atoms with E-state index < -0.39 is 0 Å². The van der Waals surface area contributed by atoms with Crippen LogP contribution in [0.25, 0.3) is 10.2 Å². The first-order chi connectivity index (χ1) is 12.6. The molecule has 7 heteroatoms. The zero-order valence-corrected chi connectivity index (χ0v) is 16.2. The maximum Gasteiger partial charge on any atom is 0.138 e. The molecule has 26 heavy (non-hydrogen) atoms. The summed E-state index contributed by atoms with van der Waals surface area (Å²) in [5.74, 6) is 2.82. The van der Waals surface area contributed by atoms with E-state index in [0.29, 0.717) is 0 Å². The molecule has 3 aromatic rings. The Kier molecular flexibility index (Phi) is 4.93. The van der Waals surface area contributed by atoms with Gasteiger partial charge in [-0.3, -0.25) is 4.90 Å². The molecule has 6 nitrogen and oxygen atoms in total. The van der Waals surface area contributed by atoms with Gasteiger partial charge in [0.25, 0.3) is 0 Å². The van der Waals surface area contributed by atoms with Gasteiger partial charge in [0.15, 0.2) is 0 Å². The van der Waals surface area contributed by atoms with Crippen LogP contribution in [0.4, 0.5) is 5.82 Å². The number of fused-ring (bicyclic) bond motifs is 1. The van der Waals surface area contributed by atoms with Crippen molar-refractivity contribution < 1.29 is 9.15 Å². The highest BCUT2D eigenvalue weighted by Gasteiger charge is 2.25. The van der Waals surface area contributed by atoms with E-state index in [9.17, 15) is 0 Å². The second-order valence-corrected chi connectivity index (χ2v) is 7.88. The number of rotatable bonds is 5. The first-order valence-electron chi connectivity index (χ1n) is 8.96. The number of furan rings is 1. The van der Waals surface area contributed by atoms with Gasteiger partial charge in [0.2, 0.25) is 0 Å². The highest BCUT2D eigenvalue weighted by atomic mass is 32.1. The number of nitrogens with one attached hydrogen (secondary N) is 1. The summed E-state index contributed by atoms with van der Waals surface area (Å²) < 4.78 is 11.5. The fraction of sp³-hybridized carbons (Fsp3) is 0.474. The SMILES string of the molecule is Cc1ccc(C(CNc2ncnc3sc(C)c(C)c23)N2CCOCC2)o1. The number of aromatic nitrogens is 2. The van der Waals surface area contributed by atoms with Crippen molar-refractivity contribution in [2.24, 2.45) is 0 Å². The van der Waals surface area contributed by atoms with Crippen LogP contribution in [0.15, 0.2) is 22.9 Å². The average molecular weight is 372 g/mol. The van der Waals surface area contributed by atoms with Crippen LogP contribution in [0.5, 0.6) is 0 Å². The summed E-state index contributed by atoms with van der Waals surface area (Å²) in [5.41, 5.74) is 1.25. The van der Waals surface area contributed by atoms with Crippen molar-refractivity contribution in [2.45, 2.75) is 26.8 Å². The van der Waals surface area contributed by atoms with Crippen molar-refractivity contribution in [3.63, 3.8) is 0 Å². The van der Waals surface area contributed by atoms with Crippen LogP contribution in [0.1, 0.15) is 28.0 Å². The molecule has 4 rings (SSSR count). The molecule has 0 amide bonds. The summed E-state index contributed by atoms with van der Waals surface area (Å²) >= 11 is 1.72. The number of nitrogens with zero attached hydrogens (tertiary/aromatic N) is 3. The normalized spacial score (nSPS) is 16.9. The highest BCUT2D eigenvalue weighted by Crippen LogP contribution is 2.33. The molecule has 0 spiro atoms. The van der Waals surface area contributed by atoms with Gasteiger partial charge in [-0.2, -0.15) is 0 Å². The fourth-order valence-corrected chi connectivity index (χ4v) is 4.44. The fourth-order valence-electron chi connectivity index (χ4n) is 3.44. The Morgan fingerprint density at radius 1 is 1.19 bits per heavy atom. The van der Waals surface area contributed by atoms with Gasteiger partial charge >= 0.3 is 0 Å². The molecule has 1 unspecified atom stereocenters. The molecule has 0 aromatic carbocycles. The second kappa shape index (κ2) is 7.34. The van der Waals surface area contributed by atoms with Gasteiger partial charge in [0.05, 0.1) is 24.6 Å². The molecular formula is C19H24N4O2S. The molecule has 0 radical (unpaired) electrons. The quantitative estimate of drug-likeness (QED) is 0.737. The standard InChI is InChI=1S/C19H24N4O2S/c1-12-4-5-16(25-12)15(23-6-8-24-9-7-23)10-20-18-17-13(2)14(3)26-19(17)22-11-21-18/h4-5,11,15H,6-10H2,1-3H3,(H,20,21,22). The lowest BCUT2D eigenvalue weighted by atomic mass is 10.1. The van der Waals surface area contributed by atoms with Gasteiger partial charge in [-0.15, -0.1) is 11.3 Å². The lowest BCUT2D eigenvalue weighted by Gasteiger charge is -2.33. The van der Waals surface area contributed by atoms with Crippen LogP contribution in [0.3, 0.4) is 0 Å². The predicted molar refractivity (Wildman–Crippen MR) is 104 cm³/mol. The molecule has 1 aliphatic heterocycles. The van der Waals surface area contributed by atoms with Gasteiger partial charge in [-0.1, -0.05) is 0 Å². The minimum atomic E-state index is 0.151. The average Bonchev–Trinajstić information content (AvgIpc) is 3.20. The zero-order valence-electron chi connectivity index (χ0n) is 15.4. The summed E-state index contributed by atoms with van der Waals surface area (Å²) in [7, 11) is 0. The minimum Gasteiger partial charge on any atom is -0.465 e. The van der Waals surface area contributed by atoms with Crippen molar-refractivity contribution in [1.82, 2.24) is 14.9 Å². The monoisotopic (exact) mass is 372 g/mol. The van der Waals surface area contributed by atoms with E-state index >= 15 is 0 Å². The third kappa shape index (κ3) is 3.34. The predicted octanol–water partition coefficient (Wildman–Crippen LogP) is 3.69. The number of ether oxygens (including phenoxy) is 1. The lowest BCUT2D eigenvalue weighted by molar-refractivity contribution is 0.0143. The van der Waals surface area contributed by atoms with Gasteiger partial charge in [-0.05, 0) is 38.5 Å².